The van der Waals surface area contributed by atoms with Gasteiger partial charge in [0, 0.05) is 42.3 Å². The van der Waals surface area contributed by atoms with Crippen LogP contribution in [-0.4, -0.2) is 40.3 Å². The van der Waals surface area contributed by atoms with Crippen molar-refractivity contribution in [2.75, 3.05) is 10.0 Å². The lowest BCUT2D eigenvalue weighted by atomic mass is 10.1. The lowest BCUT2D eigenvalue weighted by Crippen LogP contribution is -2.17. The third kappa shape index (κ3) is 5.40. The minimum absolute atomic E-state index is 0.0365. The Kier molecular flexibility index (Phi) is 5.83. The van der Waals surface area contributed by atoms with Crippen molar-refractivity contribution in [2.45, 2.75) is 18.2 Å². The summed E-state index contributed by atoms with van der Waals surface area (Å²) in [5, 5.41) is 6.61. The van der Waals surface area contributed by atoms with Crippen LogP contribution in [0.25, 0.3) is 16.8 Å². The highest BCUT2D eigenvalue weighted by molar-refractivity contribution is 7.92. The number of hydrogen-bond donors (Lipinski definition) is 2. The smallest absolute Gasteiger partial charge is 0.406 e. The summed E-state index contributed by atoms with van der Waals surface area (Å²) in [5.41, 5.74) is 1.53. The first-order chi connectivity index (χ1) is 16.0. The summed E-state index contributed by atoms with van der Waals surface area (Å²) in [6, 6.07) is 8.95. The summed E-state index contributed by atoms with van der Waals surface area (Å²) in [5.74, 6) is -0.688. The lowest BCUT2D eigenvalue weighted by Gasteiger charge is -2.11. The second-order valence-corrected chi connectivity index (χ2v) is 8.61. The summed E-state index contributed by atoms with van der Waals surface area (Å²) in [6.45, 7) is 1.33. The van der Waals surface area contributed by atoms with Crippen molar-refractivity contribution < 1.29 is 31.1 Å². The minimum Gasteiger partial charge on any atom is -0.406 e. The Morgan fingerprint density at radius 2 is 1.79 bits per heavy atom. The zero-order valence-corrected chi connectivity index (χ0v) is 18.1. The van der Waals surface area contributed by atoms with E-state index >= 15 is 0 Å². The molecule has 1 aromatic carbocycles. The summed E-state index contributed by atoms with van der Waals surface area (Å²) < 4.78 is 69.9. The van der Waals surface area contributed by atoms with Crippen LogP contribution in [0, 0.1) is 0 Å². The van der Waals surface area contributed by atoms with Crippen LogP contribution in [0.3, 0.4) is 0 Å². The maximum absolute atomic E-state index is 12.8. The van der Waals surface area contributed by atoms with Crippen molar-refractivity contribution in [2.24, 2.45) is 0 Å². The number of ether oxygens (including phenoxy) is 1. The number of nitrogens with one attached hydrogen (secondary N) is 2. The third-order valence-corrected chi connectivity index (χ3v) is 5.66. The largest absolute Gasteiger partial charge is 0.573 e. The highest BCUT2D eigenvalue weighted by atomic mass is 32.2. The van der Waals surface area contributed by atoms with Crippen molar-refractivity contribution >= 4 is 33.2 Å². The van der Waals surface area contributed by atoms with Crippen LogP contribution in [0.1, 0.15) is 6.92 Å². The Labute approximate surface area is 190 Å². The summed E-state index contributed by atoms with van der Waals surface area (Å²) in [6.07, 6.45) is -0.674. The number of rotatable bonds is 6. The number of carbonyl (C=O) groups is 1. The number of benzene rings is 1. The number of carbonyl (C=O) groups excluding carboxylic acids is 1. The van der Waals surface area contributed by atoms with E-state index in [0.717, 1.165) is 30.5 Å². The molecule has 4 aromatic rings. The molecular weight excluding hydrogens is 477 g/mol. The van der Waals surface area contributed by atoms with E-state index < -0.39 is 22.1 Å². The molecule has 0 aliphatic heterocycles. The van der Waals surface area contributed by atoms with Gasteiger partial charge in [0.15, 0.2) is 5.65 Å². The average Bonchev–Trinajstić information content (AvgIpc) is 3.14. The van der Waals surface area contributed by atoms with Gasteiger partial charge in [0.1, 0.15) is 10.6 Å². The molecular formula is C20H15F3N6O4S. The van der Waals surface area contributed by atoms with Gasteiger partial charge in [0.25, 0.3) is 10.0 Å². The van der Waals surface area contributed by atoms with E-state index in [-0.39, 0.29) is 22.4 Å². The predicted molar refractivity (Wildman–Crippen MR) is 114 cm³/mol. The highest BCUT2D eigenvalue weighted by Gasteiger charge is 2.31. The number of sulfonamides is 1. The van der Waals surface area contributed by atoms with Crippen LogP contribution in [0.15, 0.2) is 66.0 Å². The van der Waals surface area contributed by atoms with Gasteiger partial charge in [0.05, 0.1) is 0 Å². The van der Waals surface area contributed by atoms with Gasteiger partial charge >= 0.3 is 6.36 Å². The molecule has 0 fully saturated rings. The summed E-state index contributed by atoms with van der Waals surface area (Å²) in [7, 11) is -4.10. The fourth-order valence-corrected chi connectivity index (χ4v) is 3.97. The number of anilines is 2. The Hall–Kier alpha value is -4.20. The maximum atomic E-state index is 12.8. The molecule has 0 aliphatic rings. The SMILES string of the molecule is CC(=O)Nc1nc2ccc(-c3cncc(S(=O)(=O)Nc4ccc(OC(F)(F)F)cc4)c3)cn2n1. The number of pyridine rings is 2. The molecule has 34 heavy (non-hydrogen) atoms. The average molecular weight is 492 g/mol. The van der Waals surface area contributed by atoms with Gasteiger partial charge < -0.3 is 4.74 Å². The van der Waals surface area contributed by atoms with Gasteiger partial charge in [-0.2, -0.15) is 4.98 Å². The third-order valence-electron chi connectivity index (χ3n) is 4.32. The van der Waals surface area contributed by atoms with Crippen molar-refractivity contribution in [3.05, 3.63) is 61.1 Å². The number of halogens is 3. The molecule has 0 saturated carbocycles. The minimum atomic E-state index is -4.85. The number of nitrogens with zero attached hydrogens (tertiary/aromatic N) is 4. The number of aromatic nitrogens is 4. The fraction of sp³-hybridized carbons (Fsp3) is 0.100. The van der Waals surface area contributed by atoms with Crippen molar-refractivity contribution in [3.8, 4) is 16.9 Å². The van der Waals surface area contributed by atoms with Crippen LogP contribution < -0.4 is 14.8 Å². The van der Waals surface area contributed by atoms with Gasteiger partial charge in [-0.3, -0.25) is 19.8 Å². The number of fused-ring (bicyclic) bond motifs is 1. The molecule has 176 valence electrons. The van der Waals surface area contributed by atoms with Crippen LogP contribution in [0.4, 0.5) is 24.8 Å². The zero-order chi connectivity index (χ0) is 24.5. The molecule has 0 radical (unpaired) electrons. The predicted octanol–water partition coefficient (Wildman–Crippen LogP) is 3.45. The van der Waals surface area contributed by atoms with Crippen LogP contribution in [0.5, 0.6) is 5.75 Å². The van der Waals surface area contributed by atoms with Gasteiger partial charge in [-0.05, 0) is 42.5 Å². The molecule has 4 rings (SSSR count). The number of amides is 1. The lowest BCUT2D eigenvalue weighted by molar-refractivity contribution is -0.274. The van der Waals surface area contributed by atoms with Crippen LogP contribution in [-0.2, 0) is 14.8 Å². The van der Waals surface area contributed by atoms with E-state index in [0.29, 0.717) is 16.8 Å². The molecule has 0 unspecified atom stereocenters. The molecule has 2 N–H and O–H groups in total. The Balaban J connectivity index is 1.57. The van der Waals surface area contributed by atoms with E-state index in [1.165, 1.54) is 23.7 Å². The second-order valence-electron chi connectivity index (χ2n) is 6.92. The van der Waals surface area contributed by atoms with Crippen molar-refractivity contribution in [1.82, 2.24) is 19.6 Å². The first kappa shape index (κ1) is 23.0. The van der Waals surface area contributed by atoms with E-state index in [9.17, 15) is 26.4 Å². The fourth-order valence-electron chi connectivity index (χ4n) is 2.93. The van der Waals surface area contributed by atoms with Gasteiger partial charge in [-0.25, -0.2) is 12.9 Å². The van der Waals surface area contributed by atoms with Gasteiger partial charge in [-0.1, -0.05) is 0 Å². The molecule has 10 nitrogen and oxygen atoms in total. The quantitative estimate of drug-likeness (QED) is 0.422. The summed E-state index contributed by atoms with van der Waals surface area (Å²) >= 11 is 0. The van der Waals surface area contributed by atoms with Crippen molar-refractivity contribution in [1.29, 1.82) is 0 Å². The molecule has 0 saturated heterocycles. The molecule has 0 aliphatic carbocycles. The topological polar surface area (TPSA) is 128 Å². The van der Waals surface area contributed by atoms with Gasteiger partial charge in [0.2, 0.25) is 11.9 Å². The zero-order valence-electron chi connectivity index (χ0n) is 17.2. The number of alkyl halides is 3. The Bertz CT molecular complexity index is 1470. The monoisotopic (exact) mass is 492 g/mol. The molecule has 3 heterocycles. The van der Waals surface area contributed by atoms with E-state index in [2.05, 4.69) is 29.8 Å². The Morgan fingerprint density at radius 1 is 1.06 bits per heavy atom. The number of hydrogen-bond acceptors (Lipinski definition) is 7. The van der Waals surface area contributed by atoms with Crippen LogP contribution in [0.2, 0.25) is 0 Å². The van der Waals surface area contributed by atoms with Gasteiger partial charge in [-0.15, -0.1) is 18.3 Å². The first-order valence-electron chi connectivity index (χ1n) is 9.47. The summed E-state index contributed by atoms with van der Waals surface area (Å²) in [4.78, 5) is 19.1. The molecule has 0 bridgehead atoms. The molecule has 14 heteroatoms. The normalized spacial score (nSPS) is 11.9. The van der Waals surface area contributed by atoms with E-state index in [1.54, 1.807) is 18.3 Å². The first-order valence-corrected chi connectivity index (χ1v) is 10.9. The highest BCUT2D eigenvalue weighted by Crippen LogP contribution is 2.26. The molecule has 0 atom stereocenters. The van der Waals surface area contributed by atoms with Crippen LogP contribution >= 0.6 is 0 Å². The van der Waals surface area contributed by atoms with Crippen molar-refractivity contribution in [3.63, 3.8) is 0 Å². The molecule has 0 spiro atoms. The molecule has 3 aromatic heterocycles. The molecule has 1 amide bonds. The maximum Gasteiger partial charge on any atom is 0.573 e. The second kappa shape index (κ2) is 8.62. The van der Waals surface area contributed by atoms with E-state index in [1.807, 2.05) is 0 Å². The Morgan fingerprint density at radius 3 is 2.47 bits per heavy atom. The van der Waals surface area contributed by atoms with E-state index in [4.69, 9.17) is 0 Å². The standard InChI is InChI=1S/C20H15F3N6O4S/c1-12(30)25-19-26-18-7-2-13(11-29(18)27-19)14-8-17(10-24-9-14)34(31,32)28-15-3-5-16(6-4-15)33-20(21,22)23/h2-11,28H,1H3,(H,25,27,30).